The van der Waals surface area contributed by atoms with E-state index >= 15 is 0 Å². The smallest absolute Gasteiger partial charge is 0.342 e. The van der Waals surface area contributed by atoms with Crippen molar-refractivity contribution in [2.24, 2.45) is 0 Å². The summed E-state index contributed by atoms with van der Waals surface area (Å²) in [6.45, 7) is 11.6. The molecule has 4 aromatic rings. The Morgan fingerprint density at radius 1 is 1.09 bits per heavy atom. The average Bonchev–Trinajstić information content (AvgIpc) is 3.46. The maximum atomic E-state index is 11.7. The second kappa shape index (κ2) is 13.2. The van der Waals surface area contributed by atoms with E-state index in [-0.39, 0.29) is 17.5 Å². The zero-order chi connectivity index (χ0) is 30.6. The molecule has 230 valence electrons. The summed E-state index contributed by atoms with van der Waals surface area (Å²) < 4.78 is 25.0. The molecule has 0 aliphatic carbocycles. The highest BCUT2D eigenvalue weighted by atomic mass is 16.6. The lowest BCUT2D eigenvalue weighted by Gasteiger charge is -2.34. The Bertz CT molecular complexity index is 1640. The molecule has 6 rings (SSSR count). The number of aromatic carboxylic acids is 1. The number of benzene rings is 2. The molecule has 1 fully saturated rings. The molecule has 0 radical (unpaired) electrons. The molecular formula is C34H38N4O6. The molecule has 0 unspecified atom stereocenters. The summed E-state index contributed by atoms with van der Waals surface area (Å²) in [5, 5.41) is 13.8. The average molecular weight is 599 g/mol. The maximum absolute atomic E-state index is 11.7. The molecule has 2 aromatic carbocycles. The van der Waals surface area contributed by atoms with E-state index in [2.05, 4.69) is 29.1 Å². The van der Waals surface area contributed by atoms with Gasteiger partial charge in [-0.1, -0.05) is 30.3 Å². The van der Waals surface area contributed by atoms with Gasteiger partial charge in [-0.15, -0.1) is 0 Å². The van der Waals surface area contributed by atoms with Gasteiger partial charge in [0.05, 0.1) is 44.4 Å². The summed E-state index contributed by atoms with van der Waals surface area (Å²) in [4.78, 5) is 19.0. The molecule has 2 aliphatic rings. The SMILES string of the molecule is CCOc1c(C(=O)O)cnn1-c1cccc(-c2cccc(C)c2OCc2ccc3c(c2C)CCN(C[C@@H]2COCCO2)C3)n1. The number of rotatable bonds is 10. The van der Waals surface area contributed by atoms with Crippen LogP contribution in [0.5, 0.6) is 11.6 Å². The van der Waals surface area contributed by atoms with Crippen molar-refractivity contribution < 1.29 is 28.8 Å². The third-order valence-electron chi connectivity index (χ3n) is 8.27. The van der Waals surface area contributed by atoms with Crippen LogP contribution in [0.3, 0.4) is 0 Å². The monoisotopic (exact) mass is 598 g/mol. The number of carbonyl (C=O) groups is 1. The van der Waals surface area contributed by atoms with Gasteiger partial charge in [0.2, 0.25) is 5.88 Å². The summed E-state index contributed by atoms with van der Waals surface area (Å²) in [6, 6.07) is 16.0. The molecule has 10 nitrogen and oxygen atoms in total. The van der Waals surface area contributed by atoms with Crippen LogP contribution in [0, 0.1) is 13.8 Å². The number of para-hydroxylation sites is 1. The number of aryl methyl sites for hydroxylation is 1. The topological polar surface area (TPSA) is 108 Å². The first kappa shape index (κ1) is 29.8. The van der Waals surface area contributed by atoms with Crippen LogP contribution in [0.2, 0.25) is 0 Å². The van der Waals surface area contributed by atoms with Crippen molar-refractivity contribution in [1.82, 2.24) is 19.7 Å². The van der Waals surface area contributed by atoms with E-state index in [1.807, 2.05) is 37.3 Å². The summed E-state index contributed by atoms with van der Waals surface area (Å²) in [6.07, 6.45) is 2.42. The normalized spacial score (nSPS) is 16.8. The van der Waals surface area contributed by atoms with Gasteiger partial charge >= 0.3 is 5.97 Å². The lowest BCUT2D eigenvalue weighted by Crippen LogP contribution is -2.42. The molecular weight excluding hydrogens is 560 g/mol. The van der Waals surface area contributed by atoms with Crippen LogP contribution in [0.15, 0.2) is 54.7 Å². The van der Waals surface area contributed by atoms with Gasteiger partial charge in [0.15, 0.2) is 5.82 Å². The zero-order valence-corrected chi connectivity index (χ0v) is 25.4. The fourth-order valence-electron chi connectivity index (χ4n) is 6.00. The first-order valence-electron chi connectivity index (χ1n) is 15.1. The Kier molecular flexibility index (Phi) is 8.92. The third-order valence-corrected chi connectivity index (χ3v) is 8.27. The van der Waals surface area contributed by atoms with E-state index in [4.69, 9.17) is 23.9 Å². The van der Waals surface area contributed by atoms with E-state index in [0.717, 1.165) is 48.5 Å². The fourth-order valence-corrected chi connectivity index (χ4v) is 6.00. The lowest BCUT2D eigenvalue weighted by molar-refractivity contribution is -0.0985. The molecule has 0 bridgehead atoms. The summed E-state index contributed by atoms with van der Waals surface area (Å²) in [7, 11) is 0. The molecule has 4 heterocycles. The highest BCUT2D eigenvalue weighted by molar-refractivity contribution is 5.90. The number of hydrogen-bond donors (Lipinski definition) is 1. The van der Waals surface area contributed by atoms with Crippen molar-refractivity contribution in [2.45, 2.75) is 46.4 Å². The van der Waals surface area contributed by atoms with E-state index in [9.17, 15) is 9.90 Å². The fraction of sp³-hybridized carbons (Fsp3) is 0.382. The predicted octanol–water partition coefficient (Wildman–Crippen LogP) is 5.00. The third kappa shape index (κ3) is 6.19. The predicted molar refractivity (Wildman–Crippen MR) is 165 cm³/mol. The Morgan fingerprint density at radius 2 is 1.95 bits per heavy atom. The van der Waals surface area contributed by atoms with Gasteiger partial charge in [-0.3, -0.25) is 4.90 Å². The molecule has 44 heavy (non-hydrogen) atoms. The minimum Gasteiger partial charge on any atom is -0.488 e. The first-order valence-corrected chi connectivity index (χ1v) is 15.1. The number of nitrogens with zero attached hydrogens (tertiary/aromatic N) is 4. The van der Waals surface area contributed by atoms with E-state index < -0.39 is 5.97 Å². The van der Waals surface area contributed by atoms with Crippen LogP contribution >= 0.6 is 0 Å². The Morgan fingerprint density at radius 3 is 2.75 bits per heavy atom. The largest absolute Gasteiger partial charge is 0.488 e. The lowest BCUT2D eigenvalue weighted by atomic mass is 9.91. The number of pyridine rings is 1. The van der Waals surface area contributed by atoms with Crippen molar-refractivity contribution in [1.29, 1.82) is 0 Å². The number of carboxylic acid groups (broad SMARTS) is 1. The van der Waals surface area contributed by atoms with Crippen molar-refractivity contribution in [3.05, 3.63) is 88.1 Å². The molecule has 0 saturated carbocycles. The number of fused-ring (bicyclic) bond motifs is 1. The highest BCUT2D eigenvalue weighted by Crippen LogP contribution is 2.34. The molecule has 1 N–H and O–H groups in total. The minimum atomic E-state index is -1.11. The number of hydrogen-bond acceptors (Lipinski definition) is 8. The summed E-state index contributed by atoms with van der Waals surface area (Å²) in [5.74, 6) is 0.247. The van der Waals surface area contributed by atoms with Crippen LogP contribution in [-0.4, -0.2) is 76.4 Å². The van der Waals surface area contributed by atoms with Crippen LogP contribution in [0.1, 0.15) is 45.1 Å². The molecule has 0 amide bonds. The standard InChI is InChI=1S/C34H38N4O6/c1-4-42-33-29(34(39)40)17-35-38(33)31-10-6-9-30(36-31)28-8-5-7-22(2)32(28)44-20-25-12-11-24-18-37(14-13-27(24)23(25)3)19-26-21-41-15-16-43-26/h5-12,17,26H,4,13-16,18-21H2,1-3H3,(H,39,40)/t26-/m1/s1. The van der Waals surface area contributed by atoms with Crippen molar-refractivity contribution in [3.8, 4) is 28.7 Å². The quantitative estimate of drug-likeness (QED) is 0.270. The number of aromatic nitrogens is 3. The second-order valence-electron chi connectivity index (χ2n) is 11.2. The van der Waals surface area contributed by atoms with E-state index in [0.29, 0.717) is 44.5 Å². The van der Waals surface area contributed by atoms with Gasteiger partial charge in [-0.05, 0) is 73.2 Å². The van der Waals surface area contributed by atoms with Gasteiger partial charge in [0.1, 0.15) is 17.9 Å². The van der Waals surface area contributed by atoms with Gasteiger partial charge in [0, 0.05) is 25.2 Å². The Balaban J connectivity index is 1.21. The molecule has 1 saturated heterocycles. The Hall–Kier alpha value is -4.25. The summed E-state index contributed by atoms with van der Waals surface area (Å²) >= 11 is 0. The van der Waals surface area contributed by atoms with Gasteiger partial charge in [-0.2, -0.15) is 9.78 Å². The number of carboxylic acids is 1. The molecule has 2 aromatic heterocycles. The molecule has 2 aliphatic heterocycles. The molecule has 0 spiro atoms. The van der Waals surface area contributed by atoms with Crippen LogP contribution < -0.4 is 9.47 Å². The van der Waals surface area contributed by atoms with Crippen LogP contribution in [0.4, 0.5) is 0 Å². The minimum absolute atomic E-state index is 0.0143. The van der Waals surface area contributed by atoms with Gasteiger partial charge in [0.25, 0.3) is 0 Å². The molecule has 1 atom stereocenters. The van der Waals surface area contributed by atoms with Crippen LogP contribution in [0.25, 0.3) is 17.1 Å². The van der Waals surface area contributed by atoms with E-state index in [1.54, 1.807) is 13.0 Å². The summed E-state index contributed by atoms with van der Waals surface area (Å²) in [5.41, 5.74) is 7.73. The maximum Gasteiger partial charge on any atom is 0.342 e. The first-order chi connectivity index (χ1) is 21.4. The van der Waals surface area contributed by atoms with Crippen LogP contribution in [-0.2, 0) is 29.0 Å². The van der Waals surface area contributed by atoms with Crippen molar-refractivity contribution >= 4 is 5.97 Å². The van der Waals surface area contributed by atoms with Crippen molar-refractivity contribution in [2.75, 3.05) is 39.5 Å². The number of ether oxygens (including phenoxy) is 4. The van der Waals surface area contributed by atoms with Crippen molar-refractivity contribution in [3.63, 3.8) is 0 Å². The second-order valence-corrected chi connectivity index (χ2v) is 11.2. The highest BCUT2D eigenvalue weighted by Gasteiger charge is 2.24. The Labute approximate surface area is 257 Å². The zero-order valence-electron chi connectivity index (χ0n) is 25.4. The van der Waals surface area contributed by atoms with Gasteiger partial charge in [-0.25, -0.2) is 9.78 Å². The molecule has 10 heteroatoms. The van der Waals surface area contributed by atoms with E-state index in [1.165, 1.54) is 27.6 Å². The van der Waals surface area contributed by atoms with Gasteiger partial charge < -0.3 is 24.1 Å².